The van der Waals surface area contributed by atoms with Gasteiger partial charge in [0.25, 0.3) is 0 Å². The minimum Gasteiger partial charge on any atom is -0.394 e. The second-order valence-corrected chi connectivity index (χ2v) is 1.09. The van der Waals surface area contributed by atoms with E-state index in [-0.39, 0.29) is 25.6 Å². The molecular weight excluding hydrogens is 153 g/mol. The van der Waals surface area contributed by atoms with Crippen molar-refractivity contribution in [3.05, 3.63) is 0 Å². The van der Waals surface area contributed by atoms with E-state index in [1.54, 1.807) is 13.8 Å². The largest absolute Gasteiger partial charge is 0.394 e. The molecule has 0 fully saturated rings. The van der Waals surface area contributed by atoms with Crippen molar-refractivity contribution in [3.63, 3.8) is 0 Å². The standard InChI is InChI=1S/C3H8O.Ru/c1-3(2)4;/h3-4H,1-2H3;. The van der Waals surface area contributed by atoms with Crippen molar-refractivity contribution in [1.82, 2.24) is 0 Å². The number of hydrogen-bond donors (Lipinski definition) is 1. The Morgan fingerprint density at radius 2 is 1.40 bits per heavy atom. The topological polar surface area (TPSA) is 20.2 Å². The monoisotopic (exact) mass is 162 g/mol. The van der Waals surface area contributed by atoms with Crippen molar-refractivity contribution in [2.45, 2.75) is 20.0 Å². The zero-order valence-corrected chi connectivity index (χ0v) is 5.12. The minimum atomic E-state index is -0.167. The minimum absolute atomic E-state index is 0. The summed E-state index contributed by atoms with van der Waals surface area (Å²) in [5.74, 6) is 0. The van der Waals surface area contributed by atoms with Gasteiger partial charge in [-0.05, 0) is 13.8 Å². The number of rotatable bonds is 0. The van der Waals surface area contributed by atoms with Gasteiger partial charge in [-0.1, -0.05) is 0 Å². The van der Waals surface area contributed by atoms with Gasteiger partial charge in [0.15, 0.2) is 0 Å². The molecule has 0 aromatic heterocycles. The second kappa shape index (κ2) is 4.58. The van der Waals surface area contributed by atoms with Crippen molar-refractivity contribution in [3.8, 4) is 0 Å². The quantitative estimate of drug-likeness (QED) is 0.509. The van der Waals surface area contributed by atoms with Crippen LogP contribution in [0.4, 0.5) is 0 Å². The fourth-order valence-corrected chi connectivity index (χ4v) is 0. The average Bonchev–Trinajstić information content (AvgIpc) is 0.811. The fraction of sp³-hybridized carbons (Fsp3) is 1.00. The van der Waals surface area contributed by atoms with E-state index in [0.29, 0.717) is 0 Å². The molecule has 0 aliphatic carbocycles. The fourth-order valence-electron chi connectivity index (χ4n) is 0. The molecule has 0 spiro atoms. The Kier molecular flexibility index (Phi) is 8.37. The van der Waals surface area contributed by atoms with E-state index in [4.69, 9.17) is 5.11 Å². The maximum absolute atomic E-state index is 8.06. The summed E-state index contributed by atoms with van der Waals surface area (Å²) in [6.45, 7) is 3.44. The second-order valence-electron chi connectivity index (χ2n) is 1.09. The summed E-state index contributed by atoms with van der Waals surface area (Å²) in [7, 11) is 0. The molecule has 0 aliphatic heterocycles. The molecule has 0 bridgehead atoms. The van der Waals surface area contributed by atoms with E-state index in [1.807, 2.05) is 0 Å². The van der Waals surface area contributed by atoms with Crippen LogP contribution in [0.25, 0.3) is 0 Å². The van der Waals surface area contributed by atoms with Crippen LogP contribution in [-0.2, 0) is 19.5 Å². The first kappa shape index (κ1) is 9.13. The van der Waals surface area contributed by atoms with Crippen LogP contribution in [0.5, 0.6) is 0 Å². The maximum atomic E-state index is 8.06. The third-order valence-electron chi connectivity index (χ3n) is 0. The predicted octanol–water partition coefficient (Wildman–Crippen LogP) is 0.385. The van der Waals surface area contributed by atoms with Crippen LogP contribution in [0.1, 0.15) is 13.8 Å². The van der Waals surface area contributed by atoms with E-state index < -0.39 is 0 Å². The van der Waals surface area contributed by atoms with Crippen molar-refractivity contribution >= 4 is 0 Å². The third kappa shape index (κ3) is 89.9. The van der Waals surface area contributed by atoms with E-state index >= 15 is 0 Å². The summed E-state index contributed by atoms with van der Waals surface area (Å²) in [6, 6.07) is 0. The van der Waals surface area contributed by atoms with Crippen LogP contribution in [0.15, 0.2) is 0 Å². The van der Waals surface area contributed by atoms with Gasteiger partial charge in [0.2, 0.25) is 0 Å². The Bertz CT molecular complexity index is 11.6. The molecule has 34 valence electrons. The summed E-state index contributed by atoms with van der Waals surface area (Å²) in [5, 5.41) is 8.06. The summed E-state index contributed by atoms with van der Waals surface area (Å²) in [4.78, 5) is 0. The van der Waals surface area contributed by atoms with Crippen molar-refractivity contribution in [1.29, 1.82) is 0 Å². The van der Waals surface area contributed by atoms with Crippen molar-refractivity contribution < 1.29 is 24.6 Å². The van der Waals surface area contributed by atoms with Crippen molar-refractivity contribution in [2.24, 2.45) is 0 Å². The van der Waals surface area contributed by atoms with E-state index in [1.165, 1.54) is 0 Å². The Morgan fingerprint density at radius 3 is 1.40 bits per heavy atom. The molecule has 5 heavy (non-hydrogen) atoms. The Balaban J connectivity index is 0. The Labute approximate surface area is 45.1 Å². The molecule has 0 amide bonds. The van der Waals surface area contributed by atoms with Gasteiger partial charge in [0.05, 0.1) is 0 Å². The van der Waals surface area contributed by atoms with Gasteiger partial charge in [0.1, 0.15) is 0 Å². The van der Waals surface area contributed by atoms with Crippen LogP contribution in [0.2, 0.25) is 0 Å². The molecule has 0 aromatic carbocycles. The number of aliphatic hydroxyl groups excluding tert-OH is 1. The molecule has 0 saturated heterocycles. The van der Waals surface area contributed by atoms with Crippen LogP contribution in [-0.4, -0.2) is 11.2 Å². The van der Waals surface area contributed by atoms with Gasteiger partial charge < -0.3 is 5.11 Å². The van der Waals surface area contributed by atoms with Gasteiger partial charge in [-0.3, -0.25) is 0 Å². The van der Waals surface area contributed by atoms with Crippen LogP contribution >= 0.6 is 0 Å². The molecule has 0 unspecified atom stereocenters. The van der Waals surface area contributed by atoms with Gasteiger partial charge >= 0.3 is 0 Å². The predicted molar refractivity (Wildman–Crippen MR) is 17.4 cm³/mol. The normalized spacial score (nSPS) is 7.20. The molecule has 0 radical (unpaired) electrons. The molecule has 0 saturated carbocycles. The van der Waals surface area contributed by atoms with Crippen LogP contribution in [0, 0.1) is 0 Å². The first-order chi connectivity index (χ1) is 1.73. The molecule has 0 aliphatic rings. The maximum Gasteiger partial charge on any atom is 0.0483 e. The van der Waals surface area contributed by atoms with Gasteiger partial charge in [0, 0.05) is 25.6 Å². The summed E-state index contributed by atoms with van der Waals surface area (Å²) in [6.07, 6.45) is -0.167. The average molecular weight is 161 g/mol. The summed E-state index contributed by atoms with van der Waals surface area (Å²) in [5.41, 5.74) is 0. The zero-order valence-electron chi connectivity index (χ0n) is 3.38. The summed E-state index contributed by atoms with van der Waals surface area (Å²) < 4.78 is 0. The number of aliphatic hydroxyl groups is 1. The Hall–Kier alpha value is 0.583. The van der Waals surface area contributed by atoms with Crippen LogP contribution in [0.3, 0.4) is 0 Å². The van der Waals surface area contributed by atoms with Crippen molar-refractivity contribution in [2.75, 3.05) is 0 Å². The smallest absolute Gasteiger partial charge is 0.0483 e. The zero-order chi connectivity index (χ0) is 3.58. The van der Waals surface area contributed by atoms with Crippen LogP contribution < -0.4 is 0 Å². The van der Waals surface area contributed by atoms with Gasteiger partial charge in [-0.25, -0.2) is 0 Å². The first-order valence-corrected chi connectivity index (χ1v) is 1.41. The van der Waals surface area contributed by atoms with Gasteiger partial charge in [-0.2, -0.15) is 0 Å². The molecule has 0 atom stereocenters. The molecule has 2 heteroatoms. The van der Waals surface area contributed by atoms with Gasteiger partial charge in [-0.15, -0.1) is 0 Å². The molecule has 0 aromatic rings. The molecule has 0 heterocycles. The SMILES string of the molecule is CC(C)O.[Ru]. The van der Waals surface area contributed by atoms with E-state index in [0.717, 1.165) is 0 Å². The molecule has 1 nitrogen and oxygen atoms in total. The molecule has 0 rings (SSSR count). The third-order valence-corrected chi connectivity index (χ3v) is 0. The van der Waals surface area contributed by atoms with E-state index in [2.05, 4.69) is 0 Å². The first-order valence-electron chi connectivity index (χ1n) is 1.41. The Morgan fingerprint density at radius 1 is 1.40 bits per heavy atom. The molecule has 1 N–H and O–H groups in total. The summed E-state index contributed by atoms with van der Waals surface area (Å²) >= 11 is 0. The van der Waals surface area contributed by atoms with E-state index in [9.17, 15) is 0 Å². The number of hydrogen-bond acceptors (Lipinski definition) is 1. The molecular formula is C3H8ORu.